The van der Waals surface area contributed by atoms with Crippen LogP contribution < -0.4 is 16.2 Å². The van der Waals surface area contributed by atoms with E-state index in [9.17, 15) is 4.79 Å². The second kappa shape index (κ2) is 5.64. The fourth-order valence-electron chi connectivity index (χ4n) is 2.64. The van der Waals surface area contributed by atoms with Crippen molar-refractivity contribution in [3.8, 4) is 0 Å². The zero-order valence-corrected chi connectivity index (χ0v) is 11.4. The van der Waals surface area contributed by atoms with Crippen LogP contribution in [0.5, 0.6) is 0 Å². The normalized spacial score (nSPS) is 26.1. The first-order chi connectivity index (χ1) is 9.75. The van der Waals surface area contributed by atoms with Crippen molar-refractivity contribution in [2.45, 2.75) is 19.0 Å². The van der Waals surface area contributed by atoms with Crippen LogP contribution in [0.2, 0.25) is 0 Å². The van der Waals surface area contributed by atoms with E-state index in [0.29, 0.717) is 13.2 Å². The summed E-state index contributed by atoms with van der Waals surface area (Å²) in [5, 5.41) is 3.05. The van der Waals surface area contributed by atoms with Crippen molar-refractivity contribution >= 4 is 5.91 Å². The summed E-state index contributed by atoms with van der Waals surface area (Å²) in [7, 11) is 0. The number of rotatable bonds is 3. The Morgan fingerprint density at radius 2 is 2.20 bits per heavy atom. The molecule has 2 aliphatic heterocycles. The smallest absolute Gasteiger partial charge is 0.240 e. The summed E-state index contributed by atoms with van der Waals surface area (Å²) in [6, 6.07) is 9.65. The fraction of sp³-hybridized carbons (Fsp3) is 0.400. The van der Waals surface area contributed by atoms with Gasteiger partial charge in [-0.2, -0.15) is 0 Å². The first-order valence-corrected chi connectivity index (χ1v) is 6.90. The molecule has 1 fully saturated rings. The van der Waals surface area contributed by atoms with Gasteiger partial charge < -0.3 is 15.5 Å². The molecule has 2 aliphatic rings. The molecule has 3 N–H and O–H groups in total. The lowest BCUT2D eigenvalue weighted by Crippen LogP contribution is -2.47. The third-order valence-electron chi connectivity index (χ3n) is 3.83. The van der Waals surface area contributed by atoms with Gasteiger partial charge in [0, 0.05) is 11.6 Å². The third kappa shape index (κ3) is 2.55. The highest BCUT2D eigenvalue weighted by Crippen LogP contribution is 2.23. The summed E-state index contributed by atoms with van der Waals surface area (Å²) in [5.74, 6) is 0.0690. The summed E-state index contributed by atoms with van der Waals surface area (Å²) in [6.07, 6.45) is 1.98. The second-order valence-corrected chi connectivity index (χ2v) is 5.19. The van der Waals surface area contributed by atoms with Crippen molar-refractivity contribution in [3.63, 3.8) is 0 Å². The van der Waals surface area contributed by atoms with E-state index in [4.69, 9.17) is 4.74 Å². The second-order valence-electron chi connectivity index (χ2n) is 5.19. The monoisotopic (exact) mass is 273 g/mol. The Hall–Kier alpha value is -1.85. The number of fused-ring (bicyclic) bond motifs is 1. The van der Waals surface area contributed by atoms with Gasteiger partial charge >= 0.3 is 0 Å². The van der Waals surface area contributed by atoms with Crippen LogP contribution in [-0.2, 0) is 9.53 Å². The van der Waals surface area contributed by atoms with Gasteiger partial charge in [0.1, 0.15) is 6.04 Å². The van der Waals surface area contributed by atoms with E-state index in [1.807, 2.05) is 43.3 Å². The van der Waals surface area contributed by atoms with Crippen molar-refractivity contribution in [1.82, 2.24) is 16.2 Å². The first-order valence-electron chi connectivity index (χ1n) is 6.90. The number of nitrogens with one attached hydrogen (secondary N) is 3. The lowest BCUT2D eigenvalue weighted by molar-refractivity contribution is -0.124. The molecular weight excluding hydrogens is 254 g/mol. The van der Waals surface area contributed by atoms with Gasteiger partial charge in [-0.05, 0) is 18.6 Å². The van der Waals surface area contributed by atoms with Gasteiger partial charge in [-0.15, -0.1) is 0 Å². The van der Waals surface area contributed by atoms with Gasteiger partial charge in [0.2, 0.25) is 5.91 Å². The predicted octanol–water partition coefficient (Wildman–Crippen LogP) is 0.870. The third-order valence-corrected chi connectivity index (χ3v) is 3.83. The highest BCUT2D eigenvalue weighted by molar-refractivity contribution is 5.83. The Kier molecular flexibility index (Phi) is 3.71. The number of hydrogen-bond acceptors (Lipinski definition) is 4. The van der Waals surface area contributed by atoms with Gasteiger partial charge in [0.05, 0.1) is 19.3 Å². The van der Waals surface area contributed by atoms with E-state index in [1.54, 1.807) is 0 Å². The summed E-state index contributed by atoms with van der Waals surface area (Å²) in [4.78, 5) is 12.4. The van der Waals surface area contributed by atoms with Gasteiger partial charge in [0.15, 0.2) is 0 Å². The van der Waals surface area contributed by atoms with Crippen LogP contribution in [-0.4, -0.2) is 25.2 Å². The van der Waals surface area contributed by atoms with E-state index < -0.39 is 0 Å². The van der Waals surface area contributed by atoms with E-state index in [-0.39, 0.29) is 23.9 Å². The standard InChI is InChI=1S/C15H19N3O2/c1-10(11-5-3-2-4-6-11)16-15(19)14-12-9-20-8-7-13(12)17-18-14/h2-7,10,12,14,17-18H,8-9H2,1H3,(H,16,19)/t10-,12?,14?/m1/s1. The number of benzene rings is 1. The van der Waals surface area contributed by atoms with Crippen LogP contribution >= 0.6 is 0 Å². The van der Waals surface area contributed by atoms with E-state index in [2.05, 4.69) is 16.2 Å². The highest BCUT2D eigenvalue weighted by atomic mass is 16.5. The number of amides is 1. The van der Waals surface area contributed by atoms with Crippen LogP contribution in [0.3, 0.4) is 0 Å². The van der Waals surface area contributed by atoms with Crippen LogP contribution in [0.4, 0.5) is 0 Å². The molecule has 3 rings (SSSR count). The van der Waals surface area contributed by atoms with E-state index >= 15 is 0 Å². The van der Waals surface area contributed by atoms with E-state index in [1.165, 1.54) is 0 Å². The molecule has 1 saturated heterocycles. The molecule has 0 aromatic heterocycles. The van der Waals surface area contributed by atoms with Gasteiger partial charge in [0.25, 0.3) is 0 Å². The minimum absolute atomic E-state index is 0.00671. The molecule has 0 aliphatic carbocycles. The Morgan fingerprint density at radius 1 is 1.40 bits per heavy atom. The molecule has 3 atom stereocenters. The molecule has 0 spiro atoms. The Morgan fingerprint density at radius 3 is 3.00 bits per heavy atom. The largest absolute Gasteiger partial charge is 0.377 e. The molecule has 0 saturated carbocycles. The summed E-state index contributed by atoms with van der Waals surface area (Å²) >= 11 is 0. The molecule has 20 heavy (non-hydrogen) atoms. The summed E-state index contributed by atoms with van der Waals surface area (Å²) in [6.45, 7) is 3.17. The number of carbonyl (C=O) groups excluding carboxylic acids is 1. The van der Waals surface area contributed by atoms with Crippen LogP contribution in [0.15, 0.2) is 42.1 Å². The Labute approximate surface area is 118 Å². The summed E-state index contributed by atoms with van der Waals surface area (Å²) in [5.41, 5.74) is 8.28. The number of hydrazine groups is 1. The molecule has 1 aromatic carbocycles. The first kappa shape index (κ1) is 13.1. The lowest BCUT2D eigenvalue weighted by atomic mass is 9.97. The Bertz CT molecular complexity index is 515. The fourth-order valence-corrected chi connectivity index (χ4v) is 2.64. The molecule has 2 unspecified atom stereocenters. The maximum absolute atomic E-state index is 12.4. The average Bonchev–Trinajstić information content (AvgIpc) is 2.92. The van der Waals surface area contributed by atoms with Gasteiger partial charge in [-0.25, -0.2) is 5.43 Å². The molecule has 2 heterocycles. The average molecular weight is 273 g/mol. The molecule has 1 aromatic rings. The highest BCUT2D eigenvalue weighted by Gasteiger charge is 2.38. The maximum atomic E-state index is 12.4. The topological polar surface area (TPSA) is 62.4 Å². The quantitative estimate of drug-likeness (QED) is 0.765. The van der Waals surface area contributed by atoms with Crippen LogP contribution in [0.25, 0.3) is 0 Å². The number of carbonyl (C=O) groups is 1. The molecule has 0 bridgehead atoms. The Balaban J connectivity index is 1.65. The summed E-state index contributed by atoms with van der Waals surface area (Å²) < 4.78 is 5.42. The minimum Gasteiger partial charge on any atom is -0.377 e. The lowest BCUT2D eigenvalue weighted by Gasteiger charge is -2.22. The van der Waals surface area contributed by atoms with Gasteiger partial charge in [-0.1, -0.05) is 30.3 Å². The molecule has 0 radical (unpaired) electrons. The van der Waals surface area contributed by atoms with E-state index in [0.717, 1.165) is 11.3 Å². The van der Waals surface area contributed by atoms with Crippen LogP contribution in [0.1, 0.15) is 18.5 Å². The van der Waals surface area contributed by atoms with Gasteiger partial charge in [-0.3, -0.25) is 4.79 Å². The SMILES string of the molecule is C[C@@H](NC(=O)C1NNC2=CCOCC21)c1ccccc1. The van der Waals surface area contributed by atoms with Crippen molar-refractivity contribution < 1.29 is 9.53 Å². The number of hydrogen-bond donors (Lipinski definition) is 3. The zero-order valence-electron chi connectivity index (χ0n) is 11.4. The van der Waals surface area contributed by atoms with Crippen molar-refractivity contribution in [1.29, 1.82) is 0 Å². The van der Waals surface area contributed by atoms with Crippen molar-refractivity contribution in [2.75, 3.05) is 13.2 Å². The van der Waals surface area contributed by atoms with Crippen molar-refractivity contribution in [3.05, 3.63) is 47.7 Å². The minimum atomic E-state index is -0.285. The predicted molar refractivity (Wildman–Crippen MR) is 75.5 cm³/mol. The molecule has 5 heteroatoms. The molecule has 106 valence electrons. The molecule has 1 amide bonds. The molecular formula is C15H19N3O2. The number of ether oxygens (including phenoxy) is 1. The zero-order chi connectivity index (χ0) is 13.9. The van der Waals surface area contributed by atoms with Crippen molar-refractivity contribution in [2.24, 2.45) is 5.92 Å². The molecule has 5 nitrogen and oxygen atoms in total. The van der Waals surface area contributed by atoms with Crippen LogP contribution in [0, 0.1) is 5.92 Å². The maximum Gasteiger partial charge on any atom is 0.240 e.